The van der Waals surface area contributed by atoms with Crippen LogP contribution in [0.5, 0.6) is 11.5 Å². The molecule has 0 bridgehead atoms. The van der Waals surface area contributed by atoms with Gasteiger partial charge in [0.15, 0.2) is 0 Å². The van der Waals surface area contributed by atoms with Crippen LogP contribution in [0.4, 0.5) is 10.1 Å². The Kier molecular flexibility index (Phi) is 7.72. The lowest BCUT2D eigenvalue weighted by Gasteiger charge is -2.31. The summed E-state index contributed by atoms with van der Waals surface area (Å²) in [5.41, 5.74) is 4.59. The third kappa shape index (κ3) is 5.57. The SMILES string of the molecule is Oc1ccc([C@@H]2[C@@H](CCC[C@@H](O)c3ccc(F)cc3)CC(=S)N2c2ccc(-c3ccccc3)cc2)c(O)c1. The number of phenols is 2. The lowest BCUT2D eigenvalue weighted by Crippen LogP contribution is -2.28. The minimum Gasteiger partial charge on any atom is -0.508 e. The molecule has 5 rings (SSSR count). The summed E-state index contributed by atoms with van der Waals surface area (Å²) in [7, 11) is 0. The van der Waals surface area contributed by atoms with Crippen LogP contribution in [-0.2, 0) is 0 Å². The second-order valence-electron chi connectivity index (χ2n) is 9.83. The molecule has 3 atom stereocenters. The van der Waals surface area contributed by atoms with E-state index in [4.69, 9.17) is 12.2 Å². The van der Waals surface area contributed by atoms with Crippen molar-refractivity contribution in [3.05, 3.63) is 114 Å². The average molecular weight is 528 g/mol. The van der Waals surface area contributed by atoms with E-state index in [1.54, 1.807) is 24.3 Å². The lowest BCUT2D eigenvalue weighted by atomic mass is 9.88. The maximum Gasteiger partial charge on any atom is 0.124 e. The highest BCUT2D eigenvalue weighted by Gasteiger charge is 2.40. The van der Waals surface area contributed by atoms with Crippen molar-refractivity contribution in [1.29, 1.82) is 0 Å². The van der Waals surface area contributed by atoms with Gasteiger partial charge in [0.25, 0.3) is 0 Å². The van der Waals surface area contributed by atoms with E-state index in [2.05, 4.69) is 41.3 Å². The number of phenolic OH excluding ortho intramolecular Hbond substituents is 2. The Morgan fingerprint density at radius 2 is 1.55 bits per heavy atom. The maximum absolute atomic E-state index is 13.3. The van der Waals surface area contributed by atoms with Gasteiger partial charge in [0, 0.05) is 23.7 Å². The van der Waals surface area contributed by atoms with Crippen LogP contribution in [-0.4, -0.2) is 20.3 Å². The predicted octanol–water partition coefficient (Wildman–Crippen LogP) is 7.70. The minimum atomic E-state index is -0.675. The van der Waals surface area contributed by atoms with E-state index in [-0.39, 0.29) is 29.3 Å². The highest BCUT2D eigenvalue weighted by molar-refractivity contribution is 7.80. The number of rotatable bonds is 8. The number of benzene rings is 4. The smallest absolute Gasteiger partial charge is 0.124 e. The maximum atomic E-state index is 13.3. The molecule has 1 aliphatic rings. The zero-order valence-electron chi connectivity index (χ0n) is 20.9. The third-order valence-corrected chi connectivity index (χ3v) is 7.69. The fourth-order valence-corrected chi connectivity index (χ4v) is 5.84. The van der Waals surface area contributed by atoms with Crippen molar-refractivity contribution in [1.82, 2.24) is 0 Å². The van der Waals surface area contributed by atoms with Crippen LogP contribution in [0.15, 0.2) is 97.1 Å². The summed E-state index contributed by atoms with van der Waals surface area (Å²) in [6.07, 6.45) is 2.05. The van der Waals surface area contributed by atoms with Gasteiger partial charge in [0.2, 0.25) is 0 Å². The van der Waals surface area contributed by atoms with Crippen LogP contribution in [0.3, 0.4) is 0 Å². The van der Waals surface area contributed by atoms with Gasteiger partial charge >= 0.3 is 0 Å². The summed E-state index contributed by atoms with van der Waals surface area (Å²) in [5, 5.41) is 31.3. The predicted molar refractivity (Wildman–Crippen MR) is 153 cm³/mol. The first-order valence-electron chi connectivity index (χ1n) is 12.8. The van der Waals surface area contributed by atoms with Gasteiger partial charge in [-0.2, -0.15) is 0 Å². The van der Waals surface area contributed by atoms with E-state index >= 15 is 0 Å². The zero-order valence-corrected chi connectivity index (χ0v) is 21.7. The molecule has 4 aromatic rings. The molecule has 0 unspecified atom stereocenters. The molecule has 0 amide bonds. The summed E-state index contributed by atoms with van der Waals surface area (Å²) in [6, 6.07) is 28.9. The van der Waals surface area contributed by atoms with Crippen LogP contribution in [0.25, 0.3) is 11.1 Å². The van der Waals surface area contributed by atoms with Gasteiger partial charge in [-0.05, 0) is 71.8 Å². The largest absolute Gasteiger partial charge is 0.508 e. The molecule has 0 radical (unpaired) electrons. The van der Waals surface area contributed by atoms with Gasteiger partial charge < -0.3 is 20.2 Å². The van der Waals surface area contributed by atoms with Crippen LogP contribution in [0.1, 0.15) is 49.0 Å². The molecule has 1 fully saturated rings. The van der Waals surface area contributed by atoms with Crippen molar-refractivity contribution in [3.8, 4) is 22.6 Å². The highest BCUT2D eigenvalue weighted by Crippen LogP contribution is 2.47. The van der Waals surface area contributed by atoms with E-state index in [0.29, 0.717) is 24.0 Å². The molecule has 1 heterocycles. The molecule has 0 aromatic heterocycles. The zero-order chi connectivity index (χ0) is 26.6. The second kappa shape index (κ2) is 11.3. The fraction of sp³-hybridized carbons (Fsp3) is 0.219. The monoisotopic (exact) mass is 527 g/mol. The normalized spacial score (nSPS) is 18.1. The van der Waals surface area contributed by atoms with Gasteiger partial charge in [0.05, 0.1) is 17.1 Å². The summed E-state index contributed by atoms with van der Waals surface area (Å²) < 4.78 is 13.3. The summed E-state index contributed by atoms with van der Waals surface area (Å²) in [4.78, 5) is 2.90. The van der Waals surface area contributed by atoms with Gasteiger partial charge in [-0.15, -0.1) is 0 Å². The standard InChI is InChI=1S/C32H30FNO3S/c33-25-13-9-23(10-14-25)29(36)8-4-7-24-19-31(38)34(32(24)28-18-17-27(35)20-30(28)37)26-15-11-22(12-16-26)21-5-2-1-3-6-21/h1-3,5-6,9-18,20,24,29,32,35-37H,4,7-8,19H2/t24-,29+,32-/m0/s1. The number of anilines is 1. The number of halogens is 1. The Hall–Kier alpha value is -3.74. The van der Waals surface area contributed by atoms with E-state index in [0.717, 1.165) is 34.6 Å². The van der Waals surface area contributed by atoms with Crippen LogP contribution < -0.4 is 4.90 Å². The number of aromatic hydroxyl groups is 2. The number of nitrogens with zero attached hydrogens (tertiary/aromatic N) is 1. The van der Waals surface area contributed by atoms with Crippen LogP contribution >= 0.6 is 12.2 Å². The third-order valence-electron chi connectivity index (χ3n) is 7.32. The number of hydrogen-bond acceptors (Lipinski definition) is 4. The Morgan fingerprint density at radius 3 is 2.24 bits per heavy atom. The van der Waals surface area contributed by atoms with Crippen molar-refractivity contribution in [2.75, 3.05) is 4.90 Å². The number of aliphatic hydroxyl groups excluding tert-OH is 1. The molecular formula is C32H30FNO3S. The first-order valence-corrected chi connectivity index (χ1v) is 13.2. The molecule has 6 heteroatoms. The number of thiocarbonyl (C=S) groups is 1. The Morgan fingerprint density at radius 1 is 0.868 bits per heavy atom. The quantitative estimate of drug-likeness (QED) is 0.205. The first kappa shape index (κ1) is 25.9. The summed E-state index contributed by atoms with van der Waals surface area (Å²) in [5.74, 6) is -0.187. The van der Waals surface area contributed by atoms with Crippen molar-refractivity contribution in [2.24, 2.45) is 5.92 Å². The minimum absolute atomic E-state index is 0.00422. The van der Waals surface area contributed by atoms with E-state index in [1.165, 1.54) is 18.2 Å². The van der Waals surface area contributed by atoms with Crippen molar-refractivity contribution in [2.45, 2.75) is 37.8 Å². The second-order valence-corrected chi connectivity index (χ2v) is 10.3. The van der Waals surface area contributed by atoms with Gasteiger partial charge in [0.1, 0.15) is 17.3 Å². The molecular weight excluding hydrogens is 497 g/mol. The molecule has 194 valence electrons. The molecule has 3 N–H and O–H groups in total. The van der Waals surface area contributed by atoms with E-state index in [9.17, 15) is 19.7 Å². The van der Waals surface area contributed by atoms with Crippen molar-refractivity contribution < 1.29 is 19.7 Å². The first-order chi connectivity index (χ1) is 18.4. The van der Waals surface area contributed by atoms with Crippen molar-refractivity contribution >= 4 is 22.9 Å². The number of aliphatic hydroxyl groups is 1. The Labute approximate surface area is 227 Å². The molecule has 0 saturated carbocycles. The van der Waals surface area contributed by atoms with Gasteiger partial charge in [-0.3, -0.25) is 0 Å². The highest BCUT2D eigenvalue weighted by atomic mass is 32.1. The summed E-state index contributed by atoms with van der Waals surface area (Å²) >= 11 is 5.87. The van der Waals surface area contributed by atoms with E-state index < -0.39 is 6.10 Å². The molecule has 1 saturated heterocycles. The summed E-state index contributed by atoms with van der Waals surface area (Å²) in [6.45, 7) is 0. The molecule has 1 aliphatic heterocycles. The van der Waals surface area contributed by atoms with Gasteiger partial charge in [-0.1, -0.05) is 73.2 Å². The molecule has 0 aliphatic carbocycles. The lowest BCUT2D eigenvalue weighted by molar-refractivity contribution is 0.160. The Bertz CT molecular complexity index is 1390. The van der Waals surface area contributed by atoms with Crippen molar-refractivity contribution in [3.63, 3.8) is 0 Å². The topological polar surface area (TPSA) is 63.9 Å². The van der Waals surface area contributed by atoms with Crippen LogP contribution in [0, 0.1) is 11.7 Å². The van der Waals surface area contributed by atoms with Gasteiger partial charge in [-0.25, -0.2) is 4.39 Å². The number of hydrogen-bond donors (Lipinski definition) is 3. The van der Waals surface area contributed by atoms with E-state index in [1.807, 2.05) is 18.2 Å². The Balaban J connectivity index is 1.38. The van der Waals surface area contributed by atoms with Crippen LogP contribution in [0.2, 0.25) is 0 Å². The molecule has 4 nitrogen and oxygen atoms in total. The average Bonchev–Trinajstić information content (AvgIpc) is 3.25. The molecule has 0 spiro atoms. The molecule has 4 aromatic carbocycles. The fourth-order valence-electron chi connectivity index (χ4n) is 5.41. The molecule has 38 heavy (non-hydrogen) atoms.